The van der Waals surface area contributed by atoms with E-state index in [0.29, 0.717) is 6.54 Å². The molecule has 0 aliphatic heterocycles. The number of hydrogen-bond donors (Lipinski definition) is 2. The molecule has 0 spiro atoms. The smallest absolute Gasteiger partial charge is 0.0642 e. The van der Waals surface area contributed by atoms with Crippen molar-refractivity contribution in [3.63, 3.8) is 0 Å². The summed E-state index contributed by atoms with van der Waals surface area (Å²) in [5, 5.41) is 8.53. The SMILES string of the molecule is CC/C(=C\CN)CO. The van der Waals surface area contributed by atoms with Gasteiger partial charge in [0.25, 0.3) is 0 Å². The monoisotopic (exact) mass is 115 g/mol. The molecule has 0 saturated heterocycles. The van der Waals surface area contributed by atoms with E-state index < -0.39 is 0 Å². The highest BCUT2D eigenvalue weighted by Gasteiger charge is 1.85. The van der Waals surface area contributed by atoms with Crippen molar-refractivity contribution in [2.45, 2.75) is 13.3 Å². The maximum Gasteiger partial charge on any atom is 0.0642 e. The molecule has 2 heteroatoms. The van der Waals surface area contributed by atoms with E-state index in [-0.39, 0.29) is 6.61 Å². The molecule has 2 nitrogen and oxygen atoms in total. The Balaban J connectivity index is 3.49. The predicted octanol–water partition coefficient (Wildman–Crippen LogP) is 0.274. The Kier molecular flexibility index (Phi) is 4.61. The van der Waals surface area contributed by atoms with Gasteiger partial charge in [0.05, 0.1) is 6.61 Å². The molecule has 0 aromatic heterocycles. The molecule has 0 fully saturated rings. The number of hydrogen-bond acceptors (Lipinski definition) is 2. The van der Waals surface area contributed by atoms with Gasteiger partial charge in [0.1, 0.15) is 0 Å². The second kappa shape index (κ2) is 4.81. The lowest BCUT2D eigenvalue weighted by atomic mass is 10.2. The summed E-state index contributed by atoms with van der Waals surface area (Å²) in [6.07, 6.45) is 2.74. The van der Waals surface area contributed by atoms with Crippen molar-refractivity contribution in [3.05, 3.63) is 11.6 Å². The van der Waals surface area contributed by atoms with Crippen molar-refractivity contribution in [3.8, 4) is 0 Å². The van der Waals surface area contributed by atoms with Crippen LogP contribution in [0.2, 0.25) is 0 Å². The molecule has 48 valence electrons. The summed E-state index contributed by atoms with van der Waals surface area (Å²) in [5.41, 5.74) is 6.21. The Bertz CT molecular complexity index is 72.6. The van der Waals surface area contributed by atoms with Gasteiger partial charge in [-0.25, -0.2) is 0 Å². The van der Waals surface area contributed by atoms with Crippen molar-refractivity contribution >= 4 is 0 Å². The molecule has 8 heavy (non-hydrogen) atoms. The Morgan fingerprint density at radius 2 is 2.38 bits per heavy atom. The second-order valence-corrected chi connectivity index (χ2v) is 1.61. The first kappa shape index (κ1) is 7.66. The normalized spacial score (nSPS) is 12.1. The summed E-state index contributed by atoms with van der Waals surface area (Å²) >= 11 is 0. The van der Waals surface area contributed by atoms with Crippen LogP contribution >= 0.6 is 0 Å². The zero-order valence-electron chi connectivity index (χ0n) is 5.22. The van der Waals surface area contributed by atoms with Gasteiger partial charge in [0, 0.05) is 6.54 Å². The van der Waals surface area contributed by atoms with Crippen molar-refractivity contribution in [1.29, 1.82) is 0 Å². The highest BCUT2D eigenvalue weighted by atomic mass is 16.3. The molecule has 0 aromatic carbocycles. The zero-order chi connectivity index (χ0) is 6.41. The van der Waals surface area contributed by atoms with Crippen LogP contribution in [0, 0.1) is 0 Å². The van der Waals surface area contributed by atoms with E-state index in [4.69, 9.17) is 10.8 Å². The molecule has 0 aromatic rings. The third-order valence-corrected chi connectivity index (χ3v) is 1.06. The molecule has 0 amide bonds. The molecule has 0 aliphatic carbocycles. The molecule has 3 N–H and O–H groups in total. The molecule has 0 radical (unpaired) electrons. The summed E-state index contributed by atoms with van der Waals surface area (Å²) < 4.78 is 0. The van der Waals surface area contributed by atoms with Crippen LogP contribution in [0.3, 0.4) is 0 Å². The number of aliphatic hydroxyl groups excluding tert-OH is 1. The molecule has 0 rings (SSSR count). The molecular weight excluding hydrogens is 102 g/mol. The van der Waals surface area contributed by atoms with E-state index in [1.807, 2.05) is 13.0 Å². The highest BCUT2D eigenvalue weighted by molar-refractivity contribution is 5.01. The Morgan fingerprint density at radius 3 is 2.50 bits per heavy atom. The average Bonchev–Trinajstić information content (AvgIpc) is 1.83. The van der Waals surface area contributed by atoms with E-state index >= 15 is 0 Å². The van der Waals surface area contributed by atoms with Crippen LogP contribution in [-0.4, -0.2) is 18.3 Å². The minimum Gasteiger partial charge on any atom is -0.392 e. The molecule has 0 atom stereocenters. The maximum absolute atomic E-state index is 8.53. The lowest BCUT2D eigenvalue weighted by Gasteiger charge is -1.94. The molecule has 0 unspecified atom stereocenters. The summed E-state index contributed by atoms with van der Waals surface area (Å²) in [6.45, 7) is 2.68. The first-order valence-corrected chi connectivity index (χ1v) is 2.84. The molecule has 0 heterocycles. The van der Waals surface area contributed by atoms with Gasteiger partial charge in [-0.1, -0.05) is 13.0 Å². The Morgan fingerprint density at radius 1 is 1.75 bits per heavy atom. The zero-order valence-corrected chi connectivity index (χ0v) is 5.22. The van der Waals surface area contributed by atoms with Gasteiger partial charge in [-0.05, 0) is 12.0 Å². The van der Waals surface area contributed by atoms with Crippen LogP contribution in [-0.2, 0) is 0 Å². The van der Waals surface area contributed by atoms with Crippen LogP contribution < -0.4 is 5.73 Å². The van der Waals surface area contributed by atoms with Gasteiger partial charge in [-0.15, -0.1) is 0 Å². The minimum absolute atomic E-state index is 0.147. The molecule has 0 bridgehead atoms. The van der Waals surface area contributed by atoms with Crippen LogP contribution in [0.4, 0.5) is 0 Å². The van der Waals surface area contributed by atoms with Crippen molar-refractivity contribution in [2.24, 2.45) is 5.73 Å². The topological polar surface area (TPSA) is 46.2 Å². The van der Waals surface area contributed by atoms with E-state index in [0.717, 1.165) is 12.0 Å². The van der Waals surface area contributed by atoms with Gasteiger partial charge in [0.2, 0.25) is 0 Å². The van der Waals surface area contributed by atoms with Crippen molar-refractivity contribution < 1.29 is 5.11 Å². The first-order valence-electron chi connectivity index (χ1n) is 2.84. The van der Waals surface area contributed by atoms with Gasteiger partial charge >= 0.3 is 0 Å². The summed E-state index contributed by atoms with van der Waals surface area (Å²) in [6, 6.07) is 0. The Labute approximate surface area is 50.0 Å². The van der Waals surface area contributed by atoms with Crippen LogP contribution in [0.15, 0.2) is 11.6 Å². The highest BCUT2D eigenvalue weighted by Crippen LogP contribution is 1.95. The fraction of sp³-hybridized carbons (Fsp3) is 0.667. The first-order chi connectivity index (χ1) is 3.85. The average molecular weight is 115 g/mol. The van der Waals surface area contributed by atoms with Gasteiger partial charge in [0.15, 0.2) is 0 Å². The van der Waals surface area contributed by atoms with Gasteiger partial charge < -0.3 is 10.8 Å². The minimum atomic E-state index is 0.147. The third kappa shape index (κ3) is 2.77. The number of aliphatic hydroxyl groups is 1. The summed E-state index contributed by atoms with van der Waals surface area (Å²) in [7, 11) is 0. The lowest BCUT2D eigenvalue weighted by molar-refractivity contribution is 0.327. The fourth-order valence-electron chi connectivity index (χ4n) is 0.487. The molecular formula is C6H13NO. The number of nitrogens with two attached hydrogens (primary N) is 1. The van der Waals surface area contributed by atoms with E-state index in [1.54, 1.807) is 0 Å². The van der Waals surface area contributed by atoms with Crippen LogP contribution in [0.1, 0.15) is 13.3 Å². The summed E-state index contributed by atoms with van der Waals surface area (Å²) in [4.78, 5) is 0. The maximum atomic E-state index is 8.53. The van der Waals surface area contributed by atoms with E-state index in [2.05, 4.69) is 0 Å². The second-order valence-electron chi connectivity index (χ2n) is 1.61. The quantitative estimate of drug-likeness (QED) is 0.519. The molecule has 0 saturated carbocycles. The lowest BCUT2D eigenvalue weighted by Crippen LogP contribution is -1.97. The predicted molar refractivity (Wildman–Crippen MR) is 34.5 cm³/mol. The number of rotatable bonds is 3. The van der Waals surface area contributed by atoms with Crippen LogP contribution in [0.25, 0.3) is 0 Å². The van der Waals surface area contributed by atoms with Crippen molar-refractivity contribution in [2.75, 3.05) is 13.2 Å². The summed E-state index contributed by atoms with van der Waals surface area (Å²) in [5.74, 6) is 0. The van der Waals surface area contributed by atoms with Crippen molar-refractivity contribution in [1.82, 2.24) is 0 Å². The standard InChI is InChI=1S/C6H13NO/c1-2-6(5-8)3-4-7/h3,8H,2,4-5,7H2,1H3/b6-3+. The van der Waals surface area contributed by atoms with E-state index in [1.165, 1.54) is 0 Å². The molecule has 0 aliphatic rings. The third-order valence-electron chi connectivity index (χ3n) is 1.06. The van der Waals surface area contributed by atoms with Gasteiger partial charge in [-0.2, -0.15) is 0 Å². The van der Waals surface area contributed by atoms with Gasteiger partial charge in [-0.3, -0.25) is 0 Å². The Hall–Kier alpha value is -0.340. The largest absolute Gasteiger partial charge is 0.392 e. The van der Waals surface area contributed by atoms with Crippen LogP contribution in [0.5, 0.6) is 0 Å². The van der Waals surface area contributed by atoms with E-state index in [9.17, 15) is 0 Å². The fourth-order valence-corrected chi connectivity index (χ4v) is 0.487.